The summed E-state index contributed by atoms with van der Waals surface area (Å²) in [7, 11) is 0. The monoisotopic (exact) mass is 257 g/mol. The molecule has 1 fully saturated rings. The van der Waals surface area contributed by atoms with Crippen molar-refractivity contribution < 1.29 is 14.3 Å². The number of nitrogens with zero attached hydrogens (tertiary/aromatic N) is 1. The fourth-order valence-electron chi connectivity index (χ4n) is 2.23. The molecule has 0 spiro atoms. The minimum absolute atomic E-state index is 0.110. The predicted molar refractivity (Wildman–Crippen MR) is 71.6 cm³/mol. The van der Waals surface area contributed by atoms with Crippen molar-refractivity contribution in [1.29, 1.82) is 0 Å². The van der Waals surface area contributed by atoms with Crippen molar-refractivity contribution in [2.75, 3.05) is 26.2 Å². The third kappa shape index (κ3) is 6.36. The van der Waals surface area contributed by atoms with Crippen molar-refractivity contribution in [3.05, 3.63) is 0 Å². The van der Waals surface area contributed by atoms with Gasteiger partial charge in [0.2, 0.25) is 0 Å². The van der Waals surface area contributed by atoms with E-state index in [0.29, 0.717) is 12.5 Å². The third-order valence-electron chi connectivity index (χ3n) is 2.92. The first kappa shape index (κ1) is 15.4. The summed E-state index contributed by atoms with van der Waals surface area (Å²) in [6.07, 6.45) is 3.09. The topological polar surface area (TPSA) is 38.8 Å². The van der Waals surface area contributed by atoms with Crippen LogP contribution in [0.5, 0.6) is 0 Å². The van der Waals surface area contributed by atoms with E-state index in [4.69, 9.17) is 9.47 Å². The maximum atomic E-state index is 11.6. The van der Waals surface area contributed by atoms with Gasteiger partial charge in [-0.05, 0) is 47.1 Å². The number of rotatable bonds is 5. The van der Waals surface area contributed by atoms with E-state index in [2.05, 4.69) is 4.90 Å². The lowest BCUT2D eigenvalue weighted by Crippen LogP contribution is -2.41. The van der Waals surface area contributed by atoms with Crippen LogP contribution in [0.3, 0.4) is 0 Å². The summed E-state index contributed by atoms with van der Waals surface area (Å²) >= 11 is 0. The van der Waals surface area contributed by atoms with Crippen LogP contribution in [0.4, 0.5) is 0 Å². The van der Waals surface area contributed by atoms with Crippen LogP contribution in [-0.4, -0.2) is 48.8 Å². The average molecular weight is 257 g/mol. The molecule has 0 aliphatic carbocycles. The standard InChI is InChI=1S/C14H27NO3/c1-5-17-12-7-6-9-15(11-12)10-8-13(16)18-14(2,3)4/h12H,5-11H2,1-4H3. The van der Waals surface area contributed by atoms with Crippen LogP contribution < -0.4 is 0 Å². The summed E-state index contributed by atoms with van der Waals surface area (Å²) in [5, 5.41) is 0. The van der Waals surface area contributed by atoms with Gasteiger partial charge < -0.3 is 14.4 Å². The smallest absolute Gasteiger partial charge is 0.307 e. The Morgan fingerprint density at radius 2 is 2.11 bits per heavy atom. The summed E-state index contributed by atoms with van der Waals surface area (Å²) in [5.74, 6) is -0.110. The van der Waals surface area contributed by atoms with Crippen LogP contribution in [0.25, 0.3) is 0 Å². The second-order valence-electron chi connectivity index (χ2n) is 5.86. The number of hydrogen-bond acceptors (Lipinski definition) is 4. The molecule has 0 N–H and O–H groups in total. The Morgan fingerprint density at radius 1 is 1.39 bits per heavy atom. The maximum Gasteiger partial charge on any atom is 0.307 e. The molecule has 0 aromatic carbocycles. The highest BCUT2D eigenvalue weighted by molar-refractivity contribution is 5.70. The van der Waals surface area contributed by atoms with Crippen molar-refractivity contribution in [2.24, 2.45) is 0 Å². The molecule has 1 unspecified atom stereocenters. The van der Waals surface area contributed by atoms with Gasteiger partial charge in [0.25, 0.3) is 0 Å². The number of ether oxygens (including phenoxy) is 2. The normalized spacial score (nSPS) is 21.9. The summed E-state index contributed by atoms with van der Waals surface area (Å²) in [4.78, 5) is 13.9. The van der Waals surface area contributed by atoms with Gasteiger partial charge in [-0.3, -0.25) is 4.79 Å². The largest absolute Gasteiger partial charge is 0.460 e. The van der Waals surface area contributed by atoms with Gasteiger partial charge in [0, 0.05) is 19.7 Å². The Morgan fingerprint density at radius 3 is 2.72 bits per heavy atom. The van der Waals surface area contributed by atoms with Crippen molar-refractivity contribution in [1.82, 2.24) is 4.90 Å². The van der Waals surface area contributed by atoms with Crippen molar-refractivity contribution in [3.63, 3.8) is 0 Å². The fraction of sp³-hybridized carbons (Fsp3) is 0.929. The number of carbonyl (C=O) groups excluding carboxylic acids is 1. The molecule has 1 aliphatic rings. The first-order chi connectivity index (χ1) is 8.40. The van der Waals surface area contributed by atoms with E-state index < -0.39 is 0 Å². The molecule has 4 heteroatoms. The molecule has 0 aromatic heterocycles. The molecule has 106 valence electrons. The molecule has 1 rings (SSSR count). The van der Waals surface area contributed by atoms with Gasteiger partial charge in [0.1, 0.15) is 5.60 Å². The predicted octanol–water partition coefficient (Wildman–Crippen LogP) is 2.22. The minimum Gasteiger partial charge on any atom is -0.460 e. The van der Waals surface area contributed by atoms with E-state index in [1.54, 1.807) is 0 Å². The van der Waals surface area contributed by atoms with Gasteiger partial charge in [0.05, 0.1) is 12.5 Å². The quantitative estimate of drug-likeness (QED) is 0.708. The van der Waals surface area contributed by atoms with Crippen LogP contribution in [-0.2, 0) is 14.3 Å². The van der Waals surface area contributed by atoms with Crippen LogP contribution >= 0.6 is 0 Å². The van der Waals surface area contributed by atoms with Gasteiger partial charge in [-0.25, -0.2) is 0 Å². The highest BCUT2D eigenvalue weighted by Gasteiger charge is 2.22. The van der Waals surface area contributed by atoms with E-state index in [-0.39, 0.29) is 11.6 Å². The Labute approximate surface area is 111 Å². The van der Waals surface area contributed by atoms with Crippen LogP contribution in [0.15, 0.2) is 0 Å². The number of likely N-dealkylation sites (tertiary alicyclic amines) is 1. The van der Waals surface area contributed by atoms with E-state index in [1.807, 2.05) is 27.7 Å². The van der Waals surface area contributed by atoms with Gasteiger partial charge in [-0.2, -0.15) is 0 Å². The van der Waals surface area contributed by atoms with E-state index in [9.17, 15) is 4.79 Å². The molecular weight excluding hydrogens is 230 g/mol. The zero-order valence-corrected chi connectivity index (χ0v) is 12.2. The van der Waals surface area contributed by atoms with E-state index >= 15 is 0 Å². The molecule has 0 bridgehead atoms. The molecule has 1 aliphatic heterocycles. The van der Waals surface area contributed by atoms with Crippen LogP contribution in [0.2, 0.25) is 0 Å². The van der Waals surface area contributed by atoms with Crippen LogP contribution in [0, 0.1) is 0 Å². The van der Waals surface area contributed by atoms with E-state index in [0.717, 1.165) is 39.1 Å². The number of hydrogen-bond donors (Lipinski definition) is 0. The first-order valence-corrected chi connectivity index (χ1v) is 6.96. The summed E-state index contributed by atoms with van der Waals surface area (Å²) in [6, 6.07) is 0. The van der Waals surface area contributed by atoms with Gasteiger partial charge in [-0.1, -0.05) is 0 Å². The summed E-state index contributed by atoms with van der Waals surface area (Å²) in [5.41, 5.74) is -0.382. The molecule has 0 amide bonds. The second kappa shape index (κ2) is 7.10. The lowest BCUT2D eigenvalue weighted by atomic mass is 10.1. The molecule has 1 atom stereocenters. The maximum absolute atomic E-state index is 11.6. The molecular formula is C14H27NO3. The Hall–Kier alpha value is -0.610. The highest BCUT2D eigenvalue weighted by Crippen LogP contribution is 2.14. The van der Waals surface area contributed by atoms with Crippen molar-refractivity contribution in [3.8, 4) is 0 Å². The van der Waals surface area contributed by atoms with Crippen LogP contribution in [0.1, 0.15) is 47.0 Å². The molecule has 1 heterocycles. The van der Waals surface area contributed by atoms with Gasteiger partial charge in [-0.15, -0.1) is 0 Å². The molecule has 18 heavy (non-hydrogen) atoms. The summed E-state index contributed by atoms with van der Waals surface area (Å²) in [6.45, 7) is 11.3. The van der Waals surface area contributed by atoms with Crippen molar-refractivity contribution in [2.45, 2.75) is 58.7 Å². The molecule has 1 saturated heterocycles. The number of piperidine rings is 1. The molecule has 0 radical (unpaired) electrons. The fourth-order valence-corrected chi connectivity index (χ4v) is 2.23. The lowest BCUT2D eigenvalue weighted by Gasteiger charge is -2.32. The number of esters is 1. The van der Waals surface area contributed by atoms with Gasteiger partial charge >= 0.3 is 5.97 Å². The van der Waals surface area contributed by atoms with Crippen molar-refractivity contribution >= 4 is 5.97 Å². The van der Waals surface area contributed by atoms with E-state index in [1.165, 1.54) is 0 Å². The molecule has 0 saturated carbocycles. The Kier molecular flexibility index (Phi) is 6.09. The number of carbonyl (C=O) groups is 1. The lowest BCUT2D eigenvalue weighted by molar-refractivity contribution is -0.155. The van der Waals surface area contributed by atoms with Gasteiger partial charge in [0.15, 0.2) is 0 Å². The minimum atomic E-state index is -0.382. The second-order valence-corrected chi connectivity index (χ2v) is 5.86. The molecule has 4 nitrogen and oxygen atoms in total. The molecule has 0 aromatic rings. The Balaban J connectivity index is 2.24. The SMILES string of the molecule is CCOC1CCCN(CCC(=O)OC(C)(C)C)C1. The average Bonchev–Trinajstić information content (AvgIpc) is 2.25. The summed E-state index contributed by atoms with van der Waals surface area (Å²) < 4.78 is 10.9. The highest BCUT2D eigenvalue weighted by atomic mass is 16.6. The zero-order valence-electron chi connectivity index (χ0n) is 12.2. The zero-order chi connectivity index (χ0) is 13.6. The first-order valence-electron chi connectivity index (χ1n) is 6.96. The third-order valence-corrected chi connectivity index (χ3v) is 2.92. The Bertz CT molecular complexity index is 258.